The minimum atomic E-state index is -3.54. The Morgan fingerprint density at radius 1 is 1.24 bits per heavy atom. The number of carbonyl (C=O) groups excluding carboxylic acids is 1. The van der Waals surface area contributed by atoms with E-state index < -0.39 is 15.9 Å². The molecule has 0 atom stereocenters. The van der Waals surface area contributed by atoms with E-state index in [1.165, 1.54) is 27.9 Å². The number of thiazole rings is 1. The Balaban J connectivity index is 1.54. The first-order chi connectivity index (χ1) is 12.0. The molecule has 130 valence electrons. The molecule has 1 aliphatic rings. The van der Waals surface area contributed by atoms with Crippen LogP contribution in [0.15, 0.2) is 41.4 Å². The van der Waals surface area contributed by atoms with Gasteiger partial charge in [0.1, 0.15) is 10.6 Å². The van der Waals surface area contributed by atoms with Crippen LogP contribution in [0.3, 0.4) is 0 Å². The number of sulfonamides is 1. The van der Waals surface area contributed by atoms with E-state index in [0.717, 1.165) is 23.1 Å². The van der Waals surface area contributed by atoms with Gasteiger partial charge in [0.25, 0.3) is 5.91 Å². The van der Waals surface area contributed by atoms with Crippen molar-refractivity contribution in [3.63, 3.8) is 0 Å². The number of amides is 1. The second-order valence-corrected chi connectivity index (χ2v) is 8.77. The van der Waals surface area contributed by atoms with Gasteiger partial charge in [-0.05, 0) is 31.0 Å². The summed E-state index contributed by atoms with van der Waals surface area (Å²) in [6, 6.07) is 8.96. The summed E-state index contributed by atoms with van der Waals surface area (Å²) in [6.07, 6.45) is 3.10. The van der Waals surface area contributed by atoms with Crippen LogP contribution in [0.1, 0.15) is 23.3 Å². The third-order valence-corrected chi connectivity index (χ3v) is 6.95. The van der Waals surface area contributed by atoms with E-state index in [1.807, 2.05) is 24.3 Å². The standard InChI is InChI=1S/C16H16N4O3S2/c21-15(19-16-18-12-5-1-2-6-14(12)24-16)13-9-11(10-17-13)25(22,23)20-7-3-4-8-20/h1-2,5-6,9-10,17H,3-4,7-8H2,(H,18,19,21). The van der Waals surface area contributed by atoms with Gasteiger partial charge in [-0.25, -0.2) is 13.4 Å². The highest BCUT2D eigenvalue weighted by molar-refractivity contribution is 7.89. The second-order valence-electron chi connectivity index (χ2n) is 5.80. The molecular weight excluding hydrogens is 360 g/mol. The molecule has 0 radical (unpaired) electrons. The molecule has 0 unspecified atom stereocenters. The number of para-hydroxylation sites is 1. The number of fused-ring (bicyclic) bond motifs is 1. The normalized spacial score (nSPS) is 15.7. The van der Waals surface area contributed by atoms with Crippen molar-refractivity contribution >= 4 is 42.6 Å². The van der Waals surface area contributed by atoms with Gasteiger partial charge in [0.15, 0.2) is 5.13 Å². The smallest absolute Gasteiger partial charge is 0.273 e. The molecule has 1 saturated heterocycles. The lowest BCUT2D eigenvalue weighted by Gasteiger charge is -2.13. The molecule has 7 nitrogen and oxygen atoms in total. The number of carbonyl (C=O) groups is 1. The van der Waals surface area contributed by atoms with E-state index in [-0.39, 0.29) is 10.6 Å². The van der Waals surface area contributed by atoms with Gasteiger partial charge >= 0.3 is 0 Å². The van der Waals surface area contributed by atoms with Gasteiger partial charge in [-0.3, -0.25) is 10.1 Å². The zero-order valence-corrected chi connectivity index (χ0v) is 14.9. The van der Waals surface area contributed by atoms with Crippen LogP contribution in [0.2, 0.25) is 0 Å². The molecule has 0 aliphatic carbocycles. The first kappa shape index (κ1) is 16.2. The summed E-state index contributed by atoms with van der Waals surface area (Å²) >= 11 is 1.37. The van der Waals surface area contributed by atoms with Gasteiger partial charge in [0.05, 0.1) is 10.2 Å². The lowest BCUT2D eigenvalue weighted by atomic mass is 10.3. The van der Waals surface area contributed by atoms with Crippen molar-refractivity contribution in [1.82, 2.24) is 14.3 Å². The fraction of sp³-hybridized carbons (Fsp3) is 0.250. The molecule has 3 heterocycles. The highest BCUT2D eigenvalue weighted by atomic mass is 32.2. The van der Waals surface area contributed by atoms with Crippen molar-refractivity contribution in [1.29, 1.82) is 0 Å². The highest BCUT2D eigenvalue weighted by Crippen LogP contribution is 2.26. The summed E-state index contributed by atoms with van der Waals surface area (Å²) < 4.78 is 27.4. The van der Waals surface area contributed by atoms with Crippen LogP contribution in [0.4, 0.5) is 5.13 Å². The van der Waals surface area contributed by atoms with E-state index in [9.17, 15) is 13.2 Å². The average Bonchev–Trinajstić information content (AvgIpc) is 3.33. The number of hydrogen-bond donors (Lipinski definition) is 2. The molecular formula is C16H16N4O3S2. The molecule has 3 aromatic rings. The van der Waals surface area contributed by atoms with E-state index >= 15 is 0 Å². The fourth-order valence-electron chi connectivity index (χ4n) is 2.82. The second kappa shape index (κ2) is 6.25. The Hall–Kier alpha value is -2.23. The molecule has 9 heteroatoms. The predicted molar refractivity (Wildman–Crippen MR) is 96.4 cm³/mol. The van der Waals surface area contributed by atoms with Crippen LogP contribution in [0.25, 0.3) is 10.2 Å². The molecule has 2 N–H and O–H groups in total. The third-order valence-electron chi connectivity index (χ3n) is 4.12. The monoisotopic (exact) mass is 376 g/mol. The minimum absolute atomic E-state index is 0.115. The lowest BCUT2D eigenvalue weighted by Crippen LogP contribution is -2.27. The highest BCUT2D eigenvalue weighted by Gasteiger charge is 2.28. The van der Waals surface area contributed by atoms with Crippen LogP contribution in [-0.4, -0.2) is 41.7 Å². The van der Waals surface area contributed by atoms with Gasteiger partial charge < -0.3 is 4.98 Å². The van der Waals surface area contributed by atoms with Crippen molar-refractivity contribution in [2.75, 3.05) is 18.4 Å². The van der Waals surface area contributed by atoms with E-state index in [2.05, 4.69) is 15.3 Å². The van der Waals surface area contributed by atoms with Crippen molar-refractivity contribution < 1.29 is 13.2 Å². The zero-order valence-electron chi connectivity index (χ0n) is 13.2. The number of nitrogens with one attached hydrogen (secondary N) is 2. The van der Waals surface area contributed by atoms with Crippen LogP contribution >= 0.6 is 11.3 Å². The summed E-state index contributed by atoms with van der Waals surface area (Å²) in [5.41, 5.74) is 1.00. The minimum Gasteiger partial charge on any atom is -0.356 e. The summed E-state index contributed by atoms with van der Waals surface area (Å²) in [7, 11) is -3.54. The number of nitrogens with zero attached hydrogens (tertiary/aromatic N) is 2. The van der Waals surface area contributed by atoms with Crippen LogP contribution < -0.4 is 5.32 Å². The Bertz CT molecular complexity index is 1000. The van der Waals surface area contributed by atoms with Crippen molar-refractivity contribution in [2.45, 2.75) is 17.7 Å². The molecule has 4 rings (SSSR count). The molecule has 0 spiro atoms. The topological polar surface area (TPSA) is 95.2 Å². The quantitative estimate of drug-likeness (QED) is 0.732. The number of H-pyrrole nitrogens is 1. The van der Waals surface area contributed by atoms with Crippen molar-refractivity contribution in [2.24, 2.45) is 0 Å². The van der Waals surface area contributed by atoms with Gasteiger partial charge in [0, 0.05) is 19.3 Å². The Kier molecular flexibility index (Phi) is 4.06. The summed E-state index contributed by atoms with van der Waals surface area (Å²) in [5.74, 6) is -0.415. The van der Waals surface area contributed by atoms with Crippen molar-refractivity contribution in [3.8, 4) is 0 Å². The lowest BCUT2D eigenvalue weighted by molar-refractivity contribution is 0.102. The number of aromatic amines is 1. The molecule has 1 aromatic carbocycles. The summed E-state index contributed by atoms with van der Waals surface area (Å²) in [5, 5.41) is 3.19. The van der Waals surface area contributed by atoms with Crippen LogP contribution in [0, 0.1) is 0 Å². The summed E-state index contributed by atoms with van der Waals surface area (Å²) in [6.45, 7) is 1.06. The fourth-order valence-corrected chi connectivity index (χ4v) is 5.19. The van der Waals surface area contributed by atoms with Crippen molar-refractivity contribution in [3.05, 3.63) is 42.2 Å². The zero-order chi connectivity index (χ0) is 17.4. The average molecular weight is 376 g/mol. The predicted octanol–water partition coefficient (Wildman–Crippen LogP) is 2.66. The molecule has 0 bridgehead atoms. The van der Waals surface area contributed by atoms with Crippen LogP contribution in [-0.2, 0) is 10.0 Å². The maximum atomic E-state index is 12.5. The number of anilines is 1. The van der Waals surface area contributed by atoms with Crippen LogP contribution in [0.5, 0.6) is 0 Å². The Morgan fingerprint density at radius 2 is 2.00 bits per heavy atom. The first-order valence-electron chi connectivity index (χ1n) is 7.89. The van der Waals surface area contributed by atoms with E-state index in [0.29, 0.717) is 18.2 Å². The molecule has 1 amide bonds. The maximum Gasteiger partial charge on any atom is 0.273 e. The summed E-state index contributed by atoms with van der Waals surface area (Å²) in [4.78, 5) is 19.6. The SMILES string of the molecule is O=C(Nc1nc2ccccc2s1)c1cc(S(=O)(=O)N2CCCC2)c[nH]1. The van der Waals surface area contributed by atoms with Gasteiger partial charge in [0.2, 0.25) is 10.0 Å². The van der Waals surface area contributed by atoms with E-state index in [1.54, 1.807) is 0 Å². The Labute approximate surface area is 148 Å². The molecule has 2 aromatic heterocycles. The molecule has 25 heavy (non-hydrogen) atoms. The Morgan fingerprint density at radius 3 is 2.76 bits per heavy atom. The molecule has 1 fully saturated rings. The van der Waals surface area contributed by atoms with E-state index in [4.69, 9.17) is 0 Å². The molecule has 1 aliphatic heterocycles. The number of rotatable bonds is 4. The van der Waals surface area contributed by atoms with Gasteiger partial charge in [-0.2, -0.15) is 4.31 Å². The largest absolute Gasteiger partial charge is 0.356 e. The first-order valence-corrected chi connectivity index (χ1v) is 10.2. The number of benzene rings is 1. The maximum absolute atomic E-state index is 12.5. The number of aromatic nitrogens is 2. The number of hydrogen-bond acceptors (Lipinski definition) is 5. The van der Waals surface area contributed by atoms with Gasteiger partial charge in [-0.15, -0.1) is 0 Å². The van der Waals surface area contributed by atoms with Gasteiger partial charge in [-0.1, -0.05) is 23.5 Å². The third kappa shape index (κ3) is 3.06. The molecule has 0 saturated carbocycles.